The Balaban J connectivity index is 0.00000380. The van der Waals surface area contributed by atoms with Gasteiger partial charge in [0, 0.05) is 11.8 Å². The number of nitrogens with zero attached hydrogens (tertiary/aromatic N) is 2. The van der Waals surface area contributed by atoms with Crippen molar-refractivity contribution in [3.63, 3.8) is 0 Å². The highest BCUT2D eigenvalue weighted by Crippen LogP contribution is 2.37. The second-order valence-corrected chi connectivity index (χ2v) is 8.96. The molecule has 1 atom stereocenters. The van der Waals surface area contributed by atoms with Crippen molar-refractivity contribution in [3.05, 3.63) is 84.8 Å². The predicted octanol–water partition coefficient (Wildman–Crippen LogP) is 2.05. The van der Waals surface area contributed by atoms with Gasteiger partial charge in [-0.05, 0) is 42.3 Å². The van der Waals surface area contributed by atoms with E-state index in [2.05, 4.69) is 16.1 Å². The fraction of sp³-hybridized carbons (Fsp3) is 0.185. The van der Waals surface area contributed by atoms with Gasteiger partial charge in [0.1, 0.15) is 20.8 Å². The Morgan fingerprint density at radius 3 is 2.49 bits per heavy atom. The number of hydrogen-bond donors (Lipinski definition) is 2. The maximum atomic E-state index is 13.8. The first kappa shape index (κ1) is 27.0. The van der Waals surface area contributed by atoms with Crippen molar-refractivity contribution in [2.24, 2.45) is 5.73 Å². The Labute approximate surface area is 217 Å². The van der Waals surface area contributed by atoms with E-state index in [9.17, 15) is 19.6 Å². The molecular formula is C27H26N4O5S. The molecule has 190 valence electrons. The normalized spacial score (nSPS) is 14.8. The van der Waals surface area contributed by atoms with Gasteiger partial charge in [0.15, 0.2) is 0 Å². The highest BCUT2D eigenvalue weighted by atomic mass is 32.1. The molecule has 3 aromatic rings. The number of carbonyl (C=O) groups excluding carboxylic acids is 2. The van der Waals surface area contributed by atoms with Crippen LogP contribution in [0.15, 0.2) is 58.9 Å². The van der Waals surface area contributed by atoms with Crippen molar-refractivity contribution in [2.75, 3.05) is 19.5 Å². The molecule has 2 aromatic carbocycles. The fourth-order valence-electron chi connectivity index (χ4n) is 3.98. The smallest absolute Gasteiger partial charge is 0.332 e. The van der Waals surface area contributed by atoms with Crippen molar-refractivity contribution < 1.29 is 19.1 Å². The van der Waals surface area contributed by atoms with Gasteiger partial charge in [-0.2, -0.15) is 5.26 Å². The lowest BCUT2D eigenvalue weighted by Crippen LogP contribution is -2.40. The number of thiazole rings is 1. The molecule has 0 saturated carbocycles. The minimum Gasteiger partial charge on any atom is -0.497 e. The molecule has 1 aromatic heterocycles. The summed E-state index contributed by atoms with van der Waals surface area (Å²) in [6.07, 6.45) is 1.04. The van der Waals surface area contributed by atoms with Crippen LogP contribution in [0.25, 0.3) is 17.5 Å². The van der Waals surface area contributed by atoms with Gasteiger partial charge < -0.3 is 20.5 Å². The van der Waals surface area contributed by atoms with Gasteiger partial charge >= 0.3 is 5.97 Å². The first-order valence-corrected chi connectivity index (χ1v) is 11.6. The molecule has 10 heteroatoms. The molecule has 9 nitrogen and oxygen atoms in total. The van der Waals surface area contributed by atoms with Gasteiger partial charge in [0.05, 0.1) is 37.4 Å². The van der Waals surface area contributed by atoms with Crippen LogP contribution in [0.3, 0.4) is 0 Å². The molecule has 0 fully saturated rings. The highest BCUT2D eigenvalue weighted by Gasteiger charge is 2.35. The molecule has 0 radical (unpaired) electrons. The highest BCUT2D eigenvalue weighted by molar-refractivity contribution is 7.07. The Hall–Kier alpha value is -4.62. The molecule has 37 heavy (non-hydrogen) atoms. The van der Waals surface area contributed by atoms with E-state index in [-0.39, 0.29) is 33.6 Å². The molecule has 0 spiro atoms. The number of nitrogens with one attached hydrogen (secondary N) is 1. The van der Waals surface area contributed by atoms with Gasteiger partial charge in [-0.3, -0.25) is 14.2 Å². The number of amides is 1. The fourth-order valence-corrected chi connectivity index (χ4v) is 5.12. The number of nitriles is 1. The zero-order valence-corrected chi connectivity index (χ0v) is 20.5. The molecule has 0 aliphatic carbocycles. The molecule has 3 N–H and O–H groups in total. The van der Waals surface area contributed by atoms with E-state index in [1.807, 2.05) is 13.0 Å². The summed E-state index contributed by atoms with van der Waals surface area (Å²) in [5.74, 6) is -1.62. The van der Waals surface area contributed by atoms with E-state index < -0.39 is 23.4 Å². The second-order valence-electron chi connectivity index (χ2n) is 7.93. The van der Waals surface area contributed by atoms with Gasteiger partial charge in [-0.25, -0.2) is 4.79 Å². The third-order valence-electron chi connectivity index (χ3n) is 5.69. The summed E-state index contributed by atoms with van der Waals surface area (Å²) >= 11 is 0.926. The van der Waals surface area contributed by atoms with Crippen LogP contribution >= 0.6 is 11.3 Å². The minimum atomic E-state index is -0.866. The SMILES string of the molecule is C.COC(=O)/C=c1\sc2n(c1=O)C(N)=C(C#N)C(c1ccc(OC)cc1)C=2C(=O)Nc1cccc(C)c1. The predicted molar refractivity (Wildman–Crippen MR) is 143 cm³/mol. The molecule has 2 heterocycles. The number of methoxy groups -OCH3 is 2. The zero-order valence-electron chi connectivity index (χ0n) is 19.7. The monoisotopic (exact) mass is 518 g/mol. The van der Waals surface area contributed by atoms with Crippen molar-refractivity contribution in [2.45, 2.75) is 20.3 Å². The average molecular weight is 519 g/mol. The van der Waals surface area contributed by atoms with Gasteiger partial charge in [-0.1, -0.05) is 31.7 Å². The van der Waals surface area contributed by atoms with Crippen LogP contribution in [0.4, 0.5) is 5.69 Å². The van der Waals surface area contributed by atoms with Crippen LogP contribution in [0, 0.1) is 18.3 Å². The van der Waals surface area contributed by atoms with Gasteiger partial charge in [-0.15, -0.1) is 11.3 Å². The number of aromatic nitrogens is 1. The number of allylic oxidation sites excluding steroid dienone is 1. The Morgan fingerprint density at radius 1 is 1.19 bits per heavy atom. The quantitative estimate of drug-likeness (QED) is 0.493. The Morgan fingerprint density at radius 2 is 1.89 bits per heavy atom. The Kier molecular flexibility index (Phi) is 8.00. The zero-order chi connectivity index (χ0) is 26.0. The van der Waals surface area contributed by atoms with E-state index in [0.29, 0.717) is 17.0 Å². The number of carbonyl (C=O) groups is 2. The van der Waals surface area contributed by atoms with E-state index in [4.69, 9.17) is 10.5 Å². The van der Waals surface area contributed by atoms with E-state index in [0.717, 1.165) is 27.5 Å². The van der Waals surface area contributed by atoms with Gasteiger partial charge in [0.25, 0.3) is 11.5 Å². The summed E-state index contributed by atoms with van der Waals surface area (Å²) in [5.41, 5.74) is 7.98. The average Bonchev–Trinajstić information content (AvgIpc) is 3.19. The number of hydrogen-bond acceptors (Lipinski definition) is 8. The van der Waals surface area contributed by atoms with E-state index in [1.165, 1.54) is 14.2 Å². The third kappa shape index (κ3) is 5.03. The third-order valence-corrected chi connectivity index (χ3v) is 6.80. The molecule has 1 aliphatic heterocycles. The van der Waals surface area contributed by atoms with Gasteiger partial charge in [0.2, 0.25) is 0 Å². The summed E-state index contributed by atoms with van der Waals surface area (Å²) in [4.78, 5) is 38.8. The number of benzene rings is 2. The summed E-state index contributed by atoms with van der Waals surface area (Å²) in [5, 5.41) is 12.9. The summed E-state index contributed by atoms with van der Waals surface area (Å²) < 4.78 is 11.2. The van der Waals surface area contributed by atoms with Crippen LogP contribution in [-0.2, 0) is 14.3 Å². The molecule has 1 unspecified atom stereocenters. The molecule has 0 saturated heterocycles. The van der Waals surface area contributed by atoms with Crippen LogP contribution in [0.1, 0.15) is 24.5 Å². The van der Waals surface area contributed by atoms with Crippen molar-refractivity contribution in [1.29, 1.82) is 5.26 Å². The maximum Gasteiger partial charge on any atom is 0.332 e. The van der Waals surface area contributed by atoms with Crippen LogP contribution < -0.4 is 30.5 Å². The van der Waals surface area contributed by atoms with E-state index in [1.54, 1.807) is 42.5 Å². The number of ether oxygens (including phenoxy) is 2. The van der Waals surface area contributed by atoms with Crippen molar-refractivity contribution >= 4 is 46.4 Å². The largest absolute Gasteiger partial charge is 0.497 e. The number of esters is 1. The van der Waals surface area contributed by atoms with Crippen LogP contribution in [0.5, 0.6) is 5.75 Å². The molecular weight excluding hydrogens is 492 g/mol. The first-order valence-electron chi connectivity index (χ1n) is 10.8. The summed E-state index contributed by atoms with van der Waals surface area (Å²) in [6, 6.07) is 16.2. The molecule has 1 amide bonds. The van der Waals surface area contributed by atoms with Crippen LogP contribution in [-0.4, -0.2) is 30.7 Å². The second kappa shape index (κ2) is 11.0. The standard InChI is InChI=1S/C26H22N4O5S.CH4/c1-14-5-4-6-16(11-14)29-24(32)22-21(15-7-9-17(34-2)10-8-15)18(13-27)23(28)30-25(33)19(36-26(22)30)12-20(31)35-3;/h4-12,21H,28H2,1-3H3,(H,29,32);1H4/b19-12-;. The lowest BCUT2D eigenvalue weighted by molar-refractivity contribution is -0.133. The molecule has 1 aliphatic rings. The topological polar surface area (TPSA) is 136 Å². The summed E-state index contributed by atoms with van der Waals surface area (Å²) in [6.45, 7) is 1.90. The van der Waals surface area contributed by atoms with E-state index >= 15 is 0 Å². The molecule has 4 rings (SSSR count). The number of fused-ring (bicyclic) bond motifs is 1. The lowest BCUT2D eigenvalue weighted by Gasteiger charge is -2.25. The maximum absolute atomic E-state index is 13.8. The van der Waals surface area contributed by atoms with Crippen molar-refractivity contribution in [3.8, 4) is 11.8 Å². The number of anilines is 1. The minimum absolute atomic E-state index is 0. The van der Waals surface area contributed by atoms with Crippen molar-refractivity contribution in [1.82, 2.24) is 4.57 Å². The number of nitrogens with two attached hydrogens (primary N) is 1. The number of rotatable bonds is 5. The molecule has 0 bridgehead atoms. The lowest BCUT2D eigenvalue weighted by atomic mass is 9.83. The summed E-state index contributed by atoms with van der Waals surface area (Å²) in [7, 11) is 2.73. The number of aryl methyl sites for hydroxylation is 1. The first-order chi connectivity index (χ1) is 17.3. The van der Waals surface area contributed by atoms with Crippen LogP contribution in [0.2, 0.25) is 0 Å². The Bertz CT molecular complexity index is 1620.